The van der Waals surface area contributed by atoms with Crippen molar-refractivity contribution in [3.63, 3.8) is 0 Å². The van der Waals surface area contributed by atoms with Crippen LogP contribution in [0.1, 0.15) is 24.2 Å². The first-order chi connectivity index (χ1) is 7.85. The molecule has 1 heterocycles. The van der Waals surface area contributed by atoms with E-state index in [1.54, 1.807) is 7.11 Å². The topological polar surface area (TPSA) is 71.5 Å². The maximum absolute atomic E-state index is 10.9. The smallest absolute Gasteiger partial charge is 0.337 e. The molecule has 0 amide bonds. The molecule has 17 heavy (non-hydrogen) atoms. The van der Waals surface area contributed by atoms with Crippen molar-refractivity contribution >= 4 is 23.4 Å². The number of aromatic carboxylic acids is 1. The summed E-state index contributed by atoms with van der Waals surface area (Å²) in [5.41, 5.74) is -0.329. The molecule has 1 aromatic heterocycles. The maximum Gasteiger partial charge on any atom is 0.337 e. The van der Waals surface area contributed by atoms with Crippen molar-refractivity contribution in [1.82, 2.24) is 4.98 Å². The molecule has 0 fully saturated rings. The minimum Gasteiger partial charge on any atom is -0.478 e. The van der Waals surface area contributed by atoms with Crippen LogP contribution in [-0.4, -0.2) is 35.3 Å². The number of halogens is 1. The summed E-state index contributed by atoms with van der Waals surface area (Å²) < 4.78 is 5.23. The van der Waals surface area contributed by atoms with Crippen molar-refractivity contribution < 1.29 is 14.6 Å². The van der Waals surface area contributed by atoms with Crippen LogP contribution >= 0.6 is 11.6 Å². The van der Waals surface area contributed by atoms with Gasteiger partial charge in [-0.3, -0.25) is 0 Å². The van der Waals surface area contributed by atoms with Crippen molar-refractivity contribution in [2.24, 2.45) is 0 Å². The number of rotatable bonds is 5. The van der Waals surface area contributed by atoms with Gasteiger partial charge in [-0.15, -0.1) is 0 Å². The molecule has 5 nitrogen and oxygen atoms in total. The highest BCUT2D eigenvalue weighted by Crippen LogP contribution is 2.18. The third-order valence-corrected chi connectivity index (χ3v) is 2.63. The predicted molar refractivity (Wildman–Crippen MR) is 65.8 cm³/mol. The van der Waals surface area contributed by atoms with Gasteiger partial charge in [0.15, 0.2) is 0 Å². The number of carboxylic acids is 1. The lowest BCUT2D eigenvalue weighted by Crippen LogP contribution is -2.32. The molecule has 0 spiro atoms. The molecule has 0 unspecified atom stereocenters. The van der Waals surface area contributed by atoms with Gasteiger partial charge in [0.25, 0.3) is 0 Å². The summed E-state index contributed by atoms with van der Waals surface area (Å²) in [5.74, 6) is -0.622. The Bertz CT molecular complexity index is 421. The summed E-state index contributed by atoms with van der Waals surface area (Å²) in [6.07, 6.45) is 1.31. The second-order valence-electron chi connectivity index (χ2n) is 4.17. The number of ether oxygens (including phenoxy) is 1. The minimum absolute atomic E-state index is 0.0272. The fraction of sp³-hybridized carbons (Fsp3) is 0.455. The van der Waals surface area contributed by atoms with E-state index >= 15 is 0 Å². The quantitative estimate of drug-likeness (QED) is 0.848. The van der Waals surface area contributed by atoms with E-state index in [0.717, 1.165) is 0 Å². The van der Waals surface area contributed by atoms with Crippen molar-refractivity contribution in [2.45, 2.75) is 19.4 Å². The molecule has 0 saturated heterocycles. The van der Waals surface area contributed by atoms with Gasteiger partial charge in [0.2, 0.25) is 0 Å². The third-order valence-electron chi connectivity index (χ3n) is 2.33. The first-order valence-electron chi connectivity index (χ1n) is 5.03. The molecular weight excluding hydrogens is 244 g/mol. The Labute approximate surface area is 105 Å². The molecule has 0 aliphatic carbocycles. The first-order valence-corrected chi connectivity index (χ1v) is 5.41. The summed E-state index contributed by atoms with van der Waals surface area (Å²) in [4.78, 5) is 14.9. The minimum atomic E-state index is -1.08. The lowest BCUT2D eigenvalue weighted by molar-refractivity contribution is 0.0343. The van der Waals surface area contributed by atoms with E-state index in [2.05, 4.69) is 10.3 Å². The van der Waals surface area contributed by atoms with Gasteiger partial charge in [0.1, 0.15) is 5.82 Å². The second-order valence-corrected chi connectivity index (χ2v) is 4.58. The summed E-state index contributed by atoms with van der Waals surface area (Å²) in [5, 5.41) is 12.0. The Kier molecular flexibility index (Phi) is 4.31. The Morgan fingerprint density at radius 2 is 2.29 bits per heavy atom. The molecule has 94 valence electrons. The molecule has 1 rings (SSSR count). The highest BCUT2D eigenvalue weighted by molar-refractivity contribution is 6.33. The van der Waals surface area contributed by atoms with E-state index in [1.165, 1.54) is 12.3 Å². The molecule has 0 atom stereocenters. The number of methoxy groups -OCH3 is 1. The molecule has 0 aromatic carbocycles. The van der Waals surface area contributed by atoms with Crippen molar-refractivity contribution in [3.8, 4) is 0 Å². The van der Waals surface area contributed by atoms with Gasteiger partial charge >= 0.3 is 5.97 Å². The lowest BCUT2D eigenvalue weighted by atomic mass is 10.1. The molecule has 0 saturated carbocycles. The number of nitrogens with zero attached hydrogens (tertiary/aromatic N) is 1. The third kappa shape index (κ3) is 3.87. The summed E-state index contributed by atoms with van der Waals surface area (Å²) in [7, 11) is 1.61. The van der Waals surface area contributed by atoms with Crippen LogP contribution < -0.4 is 5.32 Å². The Morgan fingerprint density at radius 1 is 1.65 bits per heavy atom. The normalized spacial score (nSPS) is 11.3. The van der Waals surface area contributed by atoms with Crippen molar-refractivity contribution in [1.29, 1.82) is 0 Å². The number of nitrogens with one attached hydrogen (secondary N) is 1. The van der Waals surface area contributed by atoms with E-state index in [1.807, 2.05) is 13.8 Å². The van der Waals surface area contributed by atoms with Gasteiger partial charge in [-0.25, -0.2) is 9.78 Å². The van der Waals surface area contributed by atoms with Gasteiger partial charge in [0, 0.05) is 19.9 Å². The predicted octanol–water partition coefficient (Wildman–Crippen LogP) is 2.27. The van der Waals surface area contributed by atoms with Crippen LogP contribution in [0.3, 0.4) is 0 Å². The van der Waals surface area contributed by atoms with Crippen molar-refractivity contribution in [2.75, 3.05) is 19.0 Å². The maximum atomic E-state index is 10.9. The summed E-state index contributed by atoms with van der Waals surface area (Å²) >= 11 is 5.71. The van der Waals surface area contributed by atoms with Crippen LogP contribution in [-0.2, 0) is 4.74 Å². The Hall–Kier alpha value is -1.33. The second kappa shape index (κ2) is 5.33. The largest absolute Gasteiger partial charge is 0.478 e. The number of hydrogen-bond acceptors (Lipinski definition) is 4. The molecule has 1 aromatic rings. The number of aromatic nitrogens is 1. The summed E-state index contributed by atoms with van der Waals surface area (Å²) in [6.45, 7) is 4.33. The first kappa shape index (κ1) is 13.7. The molecule has 0 aliphatic heterocycles. The average molecular weight is 259 g/mol. The van der Waals surface area contributed by atoms with Crippen LogP contribution in [0.15, 0.2) is 12.3 Å². The van der Waals surface area contributed by atoms with E-state index in [-0.39, 0.29) is 16.2 Å². The molecule has 6 heteroatoms. The summed E-state index contributed by atoms with van der Waals surface area (Å²) in [6, 6.07) is 1.40. The molecule has 2 N–H and O–H groups in total. The number of carboxylic acid groups (broad SMARTS) is 1. The van der Waals surface area contributed by atoms with Gasteiger partial charge in [-0.05, 0) is 19.9 Å². The lowest BCUT2D eigenvalue weighted by Gasteiger charge is -2.23. The molecule has 0 aliphatic rings. The van der Waals surface area contributed by atoms with Crippen LogP contribution in [0.4, 0.5) is 5.82 Å². The number of anilines is 1. The van der Waals surface area contributed by atoms with Crippen LogP contribution in [0.25, 0.3) is 0 Å². The van der Waals surface area contributed by atoms with Gasteiger partial charge < -0.3 is 15.2 Å². The monoisotopic (exact) mass is 258 g/mol. The highest BCUT2D eigenvalue weighted by Gasteiger charge is 2.17. The number of hydrogen-bond donors (Lipinski definition) is 2. The van der Waals surface area contributed by atoms with Crippen LogP contribution in [0, 0.1) is 0 Å². The highest BCUT2D eigenvalue weighted by atomic mass is 35.5. The Morgan fingerprint density at radius 3 is 2.82 bits per heavy atom. The van der Waals surface area contributed by atoms with E-state index in [4.69, 9.17) is 21.4 Å². The number of pyridine rings is 1. The van der Waals surface area contributed by atoms with Gasteiger partial charge in [0.05, 0.1) is 16.2 Å². The fourth-order valence-electron chi connectivity index (χ4n) is 1.07. The van der Waals surface area contributed by atoms with E-state index < -0.39 is 5.97 Å². The molecular formula is C11H15ClN2O3. The average Bonchev–Trinajstić information content (AvgIpc) is 2.27. The van der Waals surface area contributed by atoms with E-state index in [9.17, 15) is 4.79 Å². The van der Waals surface area contributed by atoms with Gasteiger partial charge in [-0.2, -0.15) is 0 Å². The van der Waals surface area contributed by atoms with Gasteiger partial charge in [-0.1, -0.05) is 11.6 Å². The fourth-order valence-corrected chi connectivity index (χ4v) is 1.26. The SMILES string of the molecule is COC(C)(C)CNc1cc(C(=O)O)c(Cl)cn1. The van der Waals surface area contributed by atoms with Crippen molar-refractivity contribution in [3.05, 3.63) is 22.8 Å². The van der Waals surface area contributed by atoms with Crippen LogP contribution in [0.2, 0.25) is 5.02 Å². The molecule has 0 radical (unpaired) electrons. The standard InChI is InChI=1S/C11H15ClN2O3/c1-11(2,17-3)6-14-9-4-7(10(15)16)8(12)5-13-9/h4-5H,6H2,1-3H3,(H,13,14)(H,15,16). The zero-order valence-corrected chi connectivity index (χ0v) is 10.7. The molecule has 0 bridgehead atoms. The zero-order chi connectivity index (χ0) is 13.1. The Balaban J connectivity index is 2.80. The zero-order valence-electron chi connectivity index (χ0n) is 9.95. The van der Waals surface area contributed by atoms with Crippen LogP contribution in [0.5, 0.6) is 0 Å². The van der Waals surface area contributed by atoms with E-state index in [0.29, 0.717) is 12.4 Å². The number of carbonyl (C=O) groups is 1.